The van der Waals surface area contributed by atoms with Gasteiger partial charge < -0.3 is 15.0 Å². The van der Waals surface area contributed by atoms with Crippen molar-refractivity contribution in [3.8, 4) is 5.75 Å². The Balaban J connectivity index is 1.66. The minimum atomic E-state index is 0.223. The van der Waals surface area contributed by atoms with E-state index in [0.717, 1.165) is 42.8 Å². The van der Waals surface area contributed by atoms with Crippen LogP contribution in [-0.2, 0) is 0 Å². The van der Waals surface area contributed by atoms with E-state index in [9.17, 15) is 0 Å². The minimum absolute atomic E-state index is 0.223. The van der Waals surface area contributed by atoms with Gasteiger partial charge in [0.25, 0.3) is 0 Å². The van der Waals surface area contributed by atoms with Crippen molar-refractivity contribution >= 4 is 34.0 Å². The molecule has 0 bridgehead atoms. The number of benzene rings is 1. The van der Waals surface area contributed by atoms with E-state index in [1.54, 1.807) is 19.5 Å². The fraction of sp³-hybridized carbons (Fsp3) is 0.316. The standard InChI is InChI=1S/C19H20ClN5O/c1-26-16-11-21-10-15-17(16)18(24-19(20)23-15)25-9-5-8-14(12-25)22-13-6-3-2-4-7-13/h2-4,6-7,10-11,14,22H,5,8-9,12H2,1H3/t14-/m0/s1. The van der Waals surface area contributed by atoms with Crippen LogP contribution in [-0.4, -0.2) is 41.2 Å². The van der Waals surface area contributed by atoms with E-state index in [0.29, 0.717) is 17.3 Å². The van der Waals surface area contributed by atoms with Crippen LogP contribution in [0.2, 0.25) is 5.28 Å². The van der Waals surface area contributed by atoms with Gasteiger partial charge in [0.05, 0.1) is 30.4 Å². The Kier molecular flexibility index (Phi) is 4.75. The highest BCUT2D eigenvalue weighted by Crippen LogP contribution is 2.34. The molecule has 1 aliphatic heterocycles. The molecule has 6 nitrogen and oxygen atoms in total. The average molecular weight is 370 g/mol. The van der Waals surface area contributed by atoms with E-state index >= 15 is 0 Å². The summed E-state index contributed by atoms with van der Waals surface area (Å²) in [6.45, 7) is 1.75. The normalized spacial score (nSPS) is 17.3. The number of aromatic nitrogens is 3. The molecular weight excluding hydrogens is 350 g/mol. The molecule has 26 heavy (non-hydrogen) atoms. The van der Waals surface area contributed by atoms with Gasteiger partial charge in [-0.05, 0) is 36.6 Å². The average Bonchev–Trinajstić information content (AvgIpc) is 2.67. The quantitative estimate of drug-likeness (QED) is 0.706. The third kappa shape index (κ3) is 3.37. The maximum absolute atomic E-state index is 6.17. The molecule has 1 N–H and O–H groups in total. The van der Waals surface area contributed by atoms with Gasteiger partial charge in [-0.25, -0.2) is 4.98 Å². The number of methoxy groups -OCH3 is 1. The number of nitrogens with zero attached hydrogens (tertiary/aromatic N) is 4. The van der Waals surface area contributed by atoms with Crippen LogP contribution in [0.5, 0.6) is 5.75 Å². The van der Waals surface area contributed by atoms with Crippen LogP contribution in [0, 0.1) is 0 Å². The number of fused-ring (bicyclic) bond motifs is 1. The predicted octanol–water partition coefficient (Wildman–Crippen LogP) is 3.77. The number of hydrogen-bond acceptors (Lipinski definition) is 6. The van der Waals surface area contributed by atoms with Gasteiger partial charge in [0, 0.05) is 24.8 Å². The number of piperidine rings is 1. The second-order valence-corrected chi connectivity index (χ2v) is 6.69. The van der Waals surface area contributed by atoms with Gasteiger partial charge in [0.1, 0.15) is 11.6 Å². The van der Waals surface area contributed by atoms with E-state index in [-0.39, 0.29) is 5.28 Å². The minimum Gasteiger partial charge on any atom is -0.494 e. The third-order valence-electron chi connectivity index (χ3n) is 4.61. The zero-order valence-electron chi connectivity index (χ0n) is 14.5. The molecule has 3 heterocycles. The number of hydrogen-bond donors (Lipinski definition) is 1. The second kappa shape index (κ2) is 7.33. The Morgan fingerprint density at radius 2 is 2.04 bits per heavy atom. The zero-order chi connectivity index (χ0) is 17.9. The summed E-state index contributed by atoms with van der Waals surface area (Å²) < 4.78 is 5.49. The Bertz CT molecular complexity index is 905. The number of pyridine rings is 1. The largest absolute Gasteiger partial charge is 0.494 e. The summed E-state index contributed by atoms with van der Waals surface area (Å²) >= 11 is 6.17. The summed E-state index contributed by atoms with van der Waals surface area (Å²) in [6.07, 6.45) is 5.56. The second-order valence-electron chi connectivity index (χ2n) is 6.35. The van der Waals surface area contributed by atoms with Crippen molar-refractivity contribution in [2.75, 3.05) is 30.4 Å². The first-order valence-electron chi connectivity index (χ1n) is 8.66. The van der Waals surface area contributed by atoms with Crippen molar-refractivity contribution in [1.29, 1.82) is 0 Å². The number of ether oxygens (including phenoxy) is 1. The van der Waals surface area contributed by atoms with Gasteiger partial charge in [0.15, 0.2) is 0 Å². The van der Waals surface area contributed by atoms with Gasteiger partial charge in [-0.15, -0.1) is 0 Å². The Morgan fingerprint density at radius 3 is 2.85 bits per heavy atom. The molecule has 134 valence electrons. The molecule has 4 rings (SSSR count). The van der Waals surface area contributed by atoms with Crippen molar-refractivity contribution in [2.24, 2.45) is 0 Å². The summed E-state index contributed by atoms with van der Waals surface area (Å²) in [5, 5.41) is 4.69. The summed E-state index contributed by atoms with van der Waals surface area (Å²) in [7, 11) is 1.63. The molecule has 0 aliphatic carbocycles. The number of nitrogens with one attached hydrogen (secondary N) is 1. The molecule has 1 fully saturated rings. The predicted molar refractivity (Wildman–Crippen MR) is 104 cm³/mol. The van der Waals surface area contributed by atoms with E-state index in [1.807, 2.05) is 18.2 Å². The number of para-hydroxylation sites is 1. The van der Waals surface area contributed by atoms with E-state index < -0.39 is 0 Å². The molecule has 1 aliphatic rings. The van der Waals surface area contributed by atoms with Crippen LogP contribution < -0.4 is 15.0 Å². The molecule has 1 atom stereocenters. The Morgan fingerprint density at radius 1 is 1.19 bits per heavy atom. The van der Waals surface area contributed by atoms with Crippen molar-refractivity contribution in [3.63, 3.8) is 0 Å². The summed E-state index contributed by atoms with van der Waals surface area (Å²) in [5.74, 6) is 1.46. The van der Waals surface area contributed by atoms with Crippen molar-refractivity contribution in [1.82, 2.24) is 15.0 Å². The van der Waals surface area contributed by atoms with Gasteiger partial charge in [0.2, 0.25) is 5.28 Å². The third-order valence-corrected chi connectivity index (χ3v) is 4.78. The Hall–Kier alpha value is -2.60. The first-order chi connectivity index (χ1) is 12.7. The number of anilines is 2. The highest BCUT2D eigenvalue weighted by molar-refractivity contribution is 6.29. The lowest BCUT2D eigenvalue weighted by atomic mass is 10.0. The fourth-order valence-corrected chi connectivity index (χ4v) is 3.62. The van der Waals surface area contributed by atoms with Crippen LogP contribution >= 0.6 is 11.6 Å². The number of rotatable bonds is 4. The fourth-order valence-electron chi connectivity index (χ4n) is 3.45. The molecule has 0 unspecified atom stereocenters. The van der Waals surface area contributed by atoms with Crippen LogP contribution in [0.4, 0.5) is 11.5 Å². The van der Waals surface area contributed by atoms with Crippen LogP contribution in [0.25, 0.3) is 10.9 Å². The van der Waals surface area contributed by atoms with Crippen molar-refractivity contribution < 1.29 is 4.74 Å². The van der Waals surface area contributed by atoms with Crippen molar-refractivity contribution in [3.05, 3.63) is 48.0 Å². The maximum atomic E-state index is 6.17. The summed E-state index contributed by atoms with van der Waals surface area (Å²) in [5.41, 5.74) is 1.82. The zero-order valence-corrected chi connectivity index (χ0v) is 15.3. The van der Waals surface area contributed by atoms with Gasteiger partial charge in [-0.2, -0.15) is 4.98 Å². The molecule has 0 radical (unpaired) electrons. The molecule has 2 aromatic heterocycles. The molecule has 7 heteroatoms. The molecule has 1 saturated heterocycles. The lowest BCUT2D eigenvalue weighted by Crippen LogP contribution is -2.42. The first-order valence-corrected chi connectivity index (χ1v) is 9.04. The lowest BCUT2D eigenvalue weighted by Gasteiger charge is -2.35. The van der Waals surface area contributed by atoms with E-state index in [2.05, 4.69) is 37.3 Å². The topological polar surface area (TPSA) is 63.2 Å². The lowest BCUT2D eigenvalue weighted by molar-refractivity contribution is 0.417. The van der Waals surface area contributed by atoms with Crippen LogP contribution in [0.1, 0.15) is 12.8 Å². The SMILES string of the molecule is COc1cncc2nc(Cl)nc(N3CCC[C@H](Nc4ccccc4)C3)c12. The monoisotopic (exact) mass is 369 g/mol. The molecule has 3 aromatic rings. The van der Waals surface area contributed by atoms with E-state index in [4.69, 9.17) is 16.3 Å². The van der Waals surface area contributed by atoms with Gasteiger partial charge in [-0.1, -0.05) is 18.2 Å². The maximum Gasteiger partial charge on any atom is 0.224 e. The van der Waals surface area contributed by atoms with Gasteiger partial charge >= 0.3 is 0 Å². The van der Waals surface area contributed by atoms with Crippen LogP contribution in [0.3, 0.4) is 0 Å². The number of halogens is 1. The first kappa shape index (κ1) is 16.8. The van der Waals surface area contributed by atoms with Crippen LogP contribution in [0.15, 0.2) is 42.7 Å². The highest BCUT2D eigenvalue weighted by Gasteiger charge is 2.24. The Labute approximate surface area is 157 Å². The summed E-state index contributed by atoms with van der Waals surface area (Å²) in [6, 6.07) is 10.6. The molecule has 0 spiro atoms. The van der Waals surface area contributed by atoms with E-state index in [1.165, 1.54) is 0 Å². The van der Waals surface area contributed by atoms with Gasteiger partial charge in [-0.3, -0.25) is 4.98 Å². The highest BCUT2D eigenvalue weighted by atomic mass is 35.5. The molecule has 0 saturated carbocycles. The van der Waals surface area contributed by atoms with Crippen molar-refractivity contribution in [2.45, 2.75) is 18.9 Å². The smallest absolute Gasteiger partial charge is 0.224 e. The molecule has 0 amide bonds. The summed E-state index contributed by atoms with van der Waals surface area (Å²) in [4.78, 5) is 15.2. The molecular formula is C19H20ClN5O. The molecule has 1 aromatic carbocycles.